The van der Waals surface area contributed by atoms with Crippen LogP contribution in [-0.2, 0) is 19.6 Å². The van der Waals surface area contributed by atoms with Gasteiger partial charge >= 0.3 is 0 Å². The van der Waals surface area contributed by atoms with Crippen molar-refractivity contribution in [2.24, 2.45) is 5.14 Å². The van der Waals surface area contributed by atoms with E-state index in [0.717, 1.165) is 17.2 Å². The van der Waals surface area contributed by atoms with E-state index in [2.05, 4.69) is 10.3 Å². The highest BCUT2D eigenvalue weighted by Gasteiger charge is 2.51. The number of aromatic nitrogens is 1. The van der Waals surface area contributed by atoms with Gasteiger partial charge in [0.1, 0.15) is 6.04 Å². The first kappa shape index (κ1) is 22.4. The minimum absolute atomic E-state index is 0.0736. The summed E-state index contributed by atoms with van der Waals surface area (Å²) in [6.45, 7) is 0. The standard InChI is InChI=1S/C17H20F4N4O4S/c18-16(19)4-1-11(2-5-16)25-12(8-17(20,21)9-14(25)26)15(27)24-10-3-6-23-13(7-10)30(22,28)29/h3,6-7,11-12H,1-2,4-5,8-9H2,(H2,22,28,29)(H,23,24,27). The van der Waals surface area contributed by atoms with Crippen LogP contribution in [0.5, 0.6) is 0 Å². The summed E-state index contributed by atoms with van der Waals surface area (Å²) in [7, 11) is -4.17. The monoisotopic (exact) mass is 452 g/mol. The normalized spacial score (nSPS) is 24.5. The Hall–Kier alpha value is -2.28. The molecule has 2 aliphatic rings. The molecule has 1 aliphatic heterocycles. The first-order valence-electron chi connectivity index (χ1n) is 9.14. The second-order valence-electron chi connectivity index (χ2n) is 7.56. The van der Waals surface area contributed by atoms with Crippen molar-refractivity contribution in [3.8, 4) is 0 Å². The smallest absolute Gasteiger partial charge is 0.259 e. The third-order valence-corrected chi connectivity index (χ3v) is 6.01. The van der Waals surface area contributed by atoms with Gasteiger partial charge in [-0.3, -0.25) is 9.59 Å². The van der Waals surface area contributed by atoms with Gasteiger partial charge in [-0.05, 0) is 18.9 Å². The number of likely N-dealkylation sites (tertiary alicyclic amines) is 1. The van der Waals surface area contributed by atoms with Crippen molar-refractivity contribution in [1.29, 1.82) is 0 Å². The number of primary sulfonamides is 1. The van der Waals surface area contributed by atoms with Gasteiger partial charge in [-0.2, -0.15) is 0 Å². The molecule has 3 N–H and O–H groups in total. The number of nitrogens with one attached hydrogen (secondary N) is 1. The maximum Gasteiger partial charge on any atom is 0.259 e. The van der Waals surface area contributed by atoms with Crippen LogP contribution in [0.15, 0.2) is 23.4 Å². The lowest BCUT2D eigenvalue weighted by Crippen LogP contribution is -2.59. The van der Waals surface area contributed by atoms with Crippen LogP contribution >= 0.6 is 0 Å². The Labute approximate surface area is 169 Å². The minimum atomic E-state index is -4.17. The van der Waals surface area contributed by atoms with Gasteiger partial charge in [0.2, 0.25) is 17.7 Å². The molecule has 1 aromatic heterocycles. The number of carbonyl (C=O) groups excluding carboxylic acids is 2. The molecule has 1 saturated carbocycles. The van der Waals surface area contributed by atoms with E-state index >= 15 is 0 Å². The number of pyridine rings is 1. The summed E-state index contributed by atoms with van der Waals surface area (Å²) in [5.74, 6) is -8.29. The summed E-state index contributed by atoms with van der Waals surface area (Å²) >= 11 is 0. The van der Waals surface area contributed by atoms with Gasteiger partial charge in [-0.15, -0.1) is 0 Å². The lowest BCUT2D eigenvalue weighted by Gasteiger charge is -2.44. The number of nitrogens with two attached hydrogens (primary N) is 1. The zero-order chi connectivity index (χ0) is 22.3. The molecular weight excluding hydrogens is 432 g/mol. The molecule has 1 unspecified atom stereocenters. The zero-order valence-corrected chi connectivity index (χ0v) is 16.5. The Balaban J connectivity index is 1.84. The lowest BCUT2D eigenvalue weighted by atomic mass is 9.87. The molecule has 2 heterocycles. The Morgan fingerprint density at radius 2 is 1.83 bits per heavy atom. The second-order valence-corrected chi connectivity index (χ2v) is 9.07. The summed E-state index contributed by atoms with van der Waals surface area (Å²) in [6, 6.07) is -0.187. The van der Waals surface area contributed by atoms with E-state index < -0.39 is 76.5 Å². The highest BCUT2D eigenvalue weighted by atomic mass is 32.2. The number of carbonyl (C=O) groups is 2. The second kappa shape index (κ2) is 7.76. The molecule has 0 bridgehead atoms. The predicted octanol–water partition coefficient (Wildman–Crippen LogP) is 1.87. The van der Waals surface area contributed by atoms with Gasteiger partial charge in [0, 0.05) is 43.3 Å². The van der Waals surface area contributed by atoms with Crippen LogP contribution in [0.4, 0.5) is 23.2 Å². The Bertz CT molecular complexity index is 947. The maximum atomic E-state index is 14.0. The van der Waals surface area contributed by atoms with E-state index in [1.807, 2.05) is 0 Å². The zero-order valence-electron chi connectivity index (χ0n) is 15.7. The fraction of sp³-hybridized carbons (Fsp3) is 0.588. The predicted molar refractivity (Wildman–Crippen MR) is 96.3 cm³/mol. The number of halogens is 4. The molecule has 1 atom stereocenters. The quantitative estimate of drug-likeness (QED) is 0.676. The largest absolute Gasteiger partial charge is 0.327 e. The van der Waals surface area contributed by atoms with Gasteiger partial charge in [0.15, 0.2) is 5.03 Å². The molecular formula is C17H20F4N4O4S. The molecule has 0 aromatic carbocycles. The number of anilines is 1. The number of hydrogen-bond donors (Lipinski definition) is 2. The van der Waals surface area contributed by atoms with Crippen molar-refractivity contribution in [1.82, 2.24) is 9.88 Å². The average molecular weight is 452 g/mol. The van der Waals surface area contributed by atoms with E-state index in [1.54, 1.807) is 0 Å². The number of sulfonamides is 1. The Morgan fingerprint density at radius 1 is 1.20 bits per heavy atom. The summed E-state index contributed by atoms with van der Waals surface area (Å²) in [5.41, 5.74) is -0.0736. The van der Waals surface area contributed by atoms with E-state index in [4.69, 9.17) is 5.14 Å². The van der Waals surface area contributed by atoms with Crippen molar-refractivity contribution < 1.29 is 35.6 Å². The summed E-state index contributed by atoms with van der Waals surface area (Å²) < 4.78 is 77.8. The molecule has 1 saturated heterocycles. The molecule has 166 valence electrons. The number of nitrogens with zero attached hydrogens (tertiary/aromatic N) is 2. The molecule has 0 spiro atoms. The van der Waals surface area contributed by atoms with Crippen molar-refractivity contribution in [3.63, 3.8) is 0 Å². The van der Waals surface area contributed by atoms with Crippen LogP contribution in [0.1, 0.15) is 38.5 Å². The van der Waals surface area contributed by atoms with Crippen LogP contribution < -0.4 is 10.5 Å². The van der Waals surface area contributed by atoms with E-state index in [9.17, 15) is 35.6 Å². The molecule has 8 nitrogen and oxygen atoms in total. The fourth-order valence-electron chi connectivity index (χ4n) is 3.79. The molecule has 30 heavy (non-hydrogen) atoms. The van der Waals surface area contributed by atoms with Crippen LogP contribution in [0.25, 0.3) is 0 Å². The molecule has 3 rings (SSSR count). The van der Waals surface area contributed by atoms with Crippen LogP contribution in [0.3, 0.4) is 0 Å². The average Bonchev–Trinajstić information content (AvgIpc) is 2.60. The molecule has 1 aromatic rings. The highest BCUT2D eigenvalue weighted by Crippen LogP contribution is 2.40. The van der Waals surface area contributed by atoms with Gasteiger partial charge in [-0.1, -0.05) is 0 Å². The van der Waals surface area contributed by atoms with Crippen molar-refractivity contribution in [2.75, 3.05) is 5.32 Å². The van der Waals surface area contributed by atoms with Crippen molar-refractivity contribution >= 4 is 27.5 Å². The number of rotatable bonds is 4. The maximum absolute atomic E-state index is 14.0. The van der Waals surface area contributed by atoms with Crippen LogP contribution in [0.2, 0.25) is 0 Å². The fourth-order valence-corrected chi connectivity index (χ4v) is 4.29. The number of amides is 2. The number of piperidine rings is 1. The summed E-state index contributed by atoms with van der Waals surface area (Å²) in [4.78, 5) is 29.7. The van der Waals surface area contributed by atoms with Gasteiger partial charge in [0.05, 0.1) is 6.42 Å². The minimum Gasteiger partial charge on any atom is -0.327 e. The van der Waals surface area contributed by atoms with E-state index in [1.165, 1.54) is 6.07 Å². The first-order valence-corrected chi connectivity index (χ1v) is 10.7. The number of alkyl halides is 4. The molecule has 13 heteroatoms. The SMILES string of the molecule is NS(=O)(=O)c1cc(NC(=O)C2CC(F)(F)CC(=O)N2C2CCC(F)(F)CC2)ccn1. The lowest BCUT2D eigenvalue weighted by molar-refractivity contribution is -0.165. The Kier molecular flexibility index (Phi) is 5.80. The van der Waals surface area contributed by atoms with Crippen LogP contribution in [0, 0.1) is 0 Å². The van der Waals surface area contributed by atoms with Crippen molar-refractivity contribution in [2.45, 2.75) is 67.5 Å². The van der Waals surface area contributed by atoms with Gasteiger partial charge in [-0.25, -0.2) is 36.1 Å². The topological polar surface area (TPSA) is 122 Å². The number of hydrogen-bond acceptors (Lipinski definition) is 5. The third-order valence-electron chi connectivity index (χ3n) is 5.20. The van der Waals surface area contributed by atoms with E-state index in [0.29, 0.717) is 0 Å². The molecule has 1 aliphatic carbocycles. The molecule has 2 amide bonds. The highest BCUT2D eigenvalue weighted by molar-refractivity contribution is 7.89. The van der Waals surface area contributed by atoms with Gasteiger partial charge in [0.25, 0.3) is 15.9 Å². The summed E-state index contributed by atoms with van der Waals surface area (Å²) in [5, 5.41) is 6.73. The molecule has 2 fully saturated rings. The Morgan fingerprint density at radius 3 is 2.43 bits per heavy atom. The van der Waals surface area contributed by atoms with Gasteiger partial charge < -0.3 is 10.2 Å². The molecule has 0 radical (unpaired) electrons. The summed E-state index contributed by atoms with van der Waals surface area (Å²) in [6.07, 6.45) is -2.25. The first-order chi connectivity index (χ1) is 13.8. The third kappa shape index (κ3) is 5.06. The van der Waals surface area contributed by atoms with Crippen LogP contribution in [-0.4, -0.2) is 54.0 Å². The van der Waals surface area contributed by atoms with E-state index in [-0.39, 0.29) is 18.5 Å². The van der Waals surface area contributed by atoms with Crippen molar-refractivity contribution in [3.05, 3.63) is 18.3 Å².